The number of rotatable bonds is 2. The second-order valence-corrected chi connectivity index (χ2v) is 3.77. The topological polar surface area (TPSA) is 77.8 Å². The molecule has 0 radical (unpaired) electrons. The van der Waals surface area contributed by atoms with Gasteiger partial charge in [-0.25, -0.2) is 9.78 Å². The Bertz CT molecular complexity index is 409. The van der Waals surface area contributed by atoms with Gasteiger partial charge in [0.2, 0.25) is 0 Å². The predicted molar refractivity (Wildman–Crippen MR) is 64.1 cm³/mol. The van der Waals surface area contributed by atoms with Crippen LogP contribution < -0.4 is 5.43 Å². The Labute approximate surface area is 99.0 Å². The first-order valence-corrected chi connectivity index (χ1v) is 5.46. The van der Waals surface area contributed by atoms with Crippen molar-refractivity contribution in [2.24, 2.45) is 5.10 Å². The van der Waals surface area contributed by atoms with Crippen molar-refractivity contribution in [2.45, 2.75) is 12.8 Å². The number of likely N-dealkylation sites (tertiary alicyclic amines) is 1. The summed E-state index contributed by atoms with van der Waals surface area (Å²) in [6.45, 7) is 1.02. The smallest absolute Gasteiger partial charge is 0.407 e. The zero-order valence-corrected chi connectivity index (χ0v) is 9.33. The van der Waals surface area contributed by atoms with Crippen molar-refractivity contribution in [3.63, 3.8) is 0 Å². The zero-order chi connectivity index (χ0) is 12.1. The van der Waals surface area contributed by atoms with Gasteiger partial charge in [-0.15, -0.1) is 0 Å². The molecule has 6 heteroatoms. The van der Waals surface area contributed by atoms with Gasteiger partial charge in [0.05, 0.1) is 0 Å². The van der Waals surface area contributed by atoms with Gasteiger partial charge in [0.25, 0.3) is 0 Å². The lowest BCUT2D eigenvalue weighted by Gasteiger charge is -2.24. The molecule has 1 amide bonds. The molecule has 6 nitrogen and oxygen atoms in total. The molecule has 1 aliphatic rings. The number of nitrogens with one attached hydrogen (secondary N) is 1. The third kappa shape index (κ3) is 3.17. The molecule has 0 spiro atoms. The number of aromatic nitrogens is 1. The predicted octanol–water partition coefficient (Wildman–Crippen LogP) is 1.62. The first-order chi connectivity index (χ1) is 8.25. The summed E-state index contributed by atoms with van der Waals surface area (Å²) in [6, 6.07) is 5.54. The van der Waals surface area contributed by atoms with E-state index in [9.17, 15) is 4.79 Å². The SMILES string of the molecule is O=C(O)N1CCC(=NNc2ccccn2)CC1. The van der Waals surface area contributed by atoms with Crippen LogP contribution in [-0.4, -0.2) is 39.9 Å². The van der Waals surface area contributed by atoms with Gasteiger partial charge in [-0.2, -0.15) is 5.10 Å². The summed E-state index contributed by atoms with van der Waals surface area (Å²) in [5, 5.41) is 13.0. The van der Waals surface area contributed by atoms with E-state index in [-0.39, 0.29) is 0 Å². The Hall–Kier alpha value is -2.11. The summed E-state index contributed by atoms with van der Waals surface area (Å²) < 4.78 is 0. The fraction of sp³-hybridized carbons (Fsp3) is 0.364. The third-order valence-corrected chi connectivity index (χ3v) is 2.60. The molecule has 0 aromatic carbocycles. The molecule has 1 aromatic rings. The van der Waals surface area contributed by atoms with Crippen LogP contribution in [0.3, 0.4) is 0 Å². The van der Waals surface area contributed by atoms with Crippen LogP contribution >= 0.6 is 0 Å². The Kier molecular flexibility index (Phi) is 3.54. The maximum absolute atomic E-state index is 10.7. The van der Waals surface area contributed by atoms with Gasteiger partial charge in [0.1, 0.15) is 5.82 Å². The molecule has 0 saturated carbocycles. The molecule has 1 saturated heterocycles. The minimum absolute atomic E-state index is 0.512. The van der Waals surface area contributed by atoms with E-state index in [1.807, 2.05) is 18.2 Å². The maximum atomic E-state index is 10.7. The van der Waals surface area contributed by atoms with E-state index >= 15 is 0 Å². The van der Waals surface area contributed by atoms with Crippen molar-refractivity contribution in [1.82, 2.24) is 9.88 Å². The van der Waals surface area contributed by atoms with Crippen molar-refractivity contribution >= 4 is 17.6 Å². The van der Waals surface area contributed by atoms with Crippen LogP contribution in [0.1, 0.15) is 12.8 Å². The molecule has 1 aromatic heterocycles. The minimum atomic E-state index is -0.860. The van der Waals surface area contributed by atoms with Crippen LogP contribution in [0, 0.1) is 0 Å². The third-order valence-electron chi connectivity index (χ3n) is 2.60. The van der Waals surface area contributed by atoms with Gasteiger partial charge in [-0.3, -0.25) is 5.43 Å². The van der Waals surface area contributed by atoms with E-state index in [4.69, 9.17) is 5.11 Å². The molecular formula is C11H14N4O2. The van der Waals surface area contributed by atoms with Crippen LogP contribution in [-0.2, 0) is 0 Å². The molecule has 17 heavy (non-hydrogen) atoms. The molecule has 0 bridgehead atoms. The minimum Gasteiger partial charge on any atom is -0.465 e. The van der Waals surface area contributed by atoms with E-state index < -0.39 is 6.09 Å². The fourth-order valence-electron chi connectivity index (χ4n) is 1.63. The quantitative estimate of drug-likeness (QED) is 0.762. The number of nitrogens with zero attached hydrogens (tertiary/aromatic N) is 3. The molecular weight excluding hydrogens is 220 g/mol. The molecule has 1 fully saturated rings. The molecule has 0 unspecified atom stereocenters. The first-order valence-electron chi connectivity index (χ1n) is 5.46. The van der Waals surface area contributed by atoms with Gasteiger partial charge in [0.15, 0.2) is 0 Å². The van der Waals surface area contributed by atoms with Crippen molar-refractivity contribution in [2.75, 3.05) is 18.5 Å². The number of piperidine rings is 1. The van der Waals surface area contributed by atoms with Gasteiger partial charge in [-0.05, 0) is 12.1 Å². The van der Waals surface area contributed by atoms with Crippen molar-refractivity contribution in [3.8, 4) is 0 Å². The number of hydrazone groups is 1. The van der Waals surface area contributed by atoms with E-state index in [0.717, 1.165) is 5.71 Å². The summed E-state index contributed by atoms with van der Waals surface area (Å²) in [4.78, 5) is 16.2. The number of carbonyl (C=O) groups is 1. The number of anilines is 1. The second kappa shape index (κ2) is 5.29. The van der Waals surface area contributed by atoms with Crippen LogP contribution in [0.2, 0.25) is 0 Å². The maximum Gasteiger partial charge on any atom is 0.407 e. The molecule has 1 aliphatic heterocycles. The molecule has 2 N–H and O–H groups in total. The summed E-state index contributed by atoms with van der Waals surface area (Å²) in [5.74, 6) is 0.695. The lowest BCUT2D eigenvalue weighted by Crippen LogP contribution is -2.37. The Balaban J connectivity index is 1.87. The first kappa shape index (κ1) is 11.4. The average Bonchev–Trinajstić information content (AvgIpc) is 2.38. The standard InChI is InChI=1S/C11H14N4O2/c16-11(17)15-7-4-9(5-8-15)13-14-10-3-1-2-6-12-10/h1-3,6H,4-5,7-8H2,(H,12,14)(H,16,17). The monoisotopic (exact) mass is 234 g/mol. The summed E-state index contributed by atoms with van der Waals surface area (Å²) in [5.41, 5.74) is 3.85. The highest BCUT2D eigenvalue weighted by atomic mass is 16.4. The number of hydrogen-bond donors (Lipinski definition) is 2. The van der Waals surface area contributed by atoms with Crippen molar-refractivity contribution in [3.05, 3.63) is 24.4 Å². The summed E-state index contributed by atoms with van der Waals surface area (Å²) in [6.07, 6.45) is 2.18. The number of pyridine rings is 1. The van der Waals surface area contributed by atoms with Crippen LogP contribution in [0.15, 0.2) is 29.5 Å². The van der Waals surface area contributed by atoms with Crippen LogP contribution in [0.5, 0.6) is 0 Å². The normalized spacial score (nSPS) is 15.5. The molecule has 0 atom stereocenters. The van der Waals surface area contributed by atoms with Gasteiger partial charge in [0, 0.05) is 37.8 Å². The van der Waals surface area contributed by atoms with E-state index in [0.29, 0.717) is 31.7 Å². The van der Waals surface area contributed by atoms with Gasteiger partial charge >= 0.3 is 6.09 Å². The Morgan fingerprint density at radius 2 is 2.18 bits per heavy atom. The van der Waals surface area contributed by atoms with Crippen LogP contribution in [0.4, 0.5) is 10.6 Å². The molecule has 2 heterocycles. The lowest BCUT2D eigenvalue weighted by molar-refractivity contribution is 0.145. The molecule has 0 aliphatic carbocycles. The van der Waals surface area contributed by atoms with E-state index in [1.165, 1.54) is 4.90 Å². The highest BCUT2D eigenvalue weighted by Gasteiger charge is 2.18. The average molecular weight is 234 g/mol. The summed E-state index contributed by atoms with van der Waals surface area (Å²) >= 11 is 0. The van der Waals surface area contributed by atoms with Crippen LogP contribution in [0.25, 0.3) is 0 Å². The zero-order valence-electron chi connectivity index (χ0n) is 9.33. The van der Waals surface area contributed by atoms with Gasteiger partial charge in [-0.1, -0.05) is 6.07 Å². The Morgan fingerprint density at radius 1 is 1.41 bits per heavy atom. The summed E-state index contributed by atoms with van der Waals surface area (Å²) in [7, 11) is 0. The van der Waals surface area contributed by atoms with Crippen molar-refractivity contribution < 1.29 is 9.90 Å². The number of amides is 1. The highest BCUT2D eigenvalue weighted by Crippen LogP contribution is 2.08. The number of carboxylic acid groups (broad SMARTS) is 1. The Morgan fingerprint density at radius 3 is 2.76 bits per heavy atom. The number of hydrogen-bond acceptors (Lipinski definition) is 4. The molecule has 90 valence electrons. The van der Waals surface area contributed by atoms with Crippen molar-refractivity contribution in [1.29, 1.82) is 0 Å². The van der Waals surface area contributed by atoms with Gasteiger partial charge < -0.3 is 10.0 Å². The highest BCUT2D eigenvalue weighted by molar-refractivity contribution is 5.87. The van der Waals surface area contributed by atoms with E-state index in [1.54, 1.807) is 6.20 Å². The molecule has 2 rings (SSSR count). The lowest BCUT2D eigenvalue weighted by atomic mass is 10.1. The second-order valence-electron chi connectivity index (χ2n) is 3.77. The largest absolute Gasteiger partial charge is 0.465 e. The van der Waals surface area contributed by atoms with E-state index in [2.05, 4.69) is 15.5 Å². The fourth-order valence-corrected chi connectivity index (χ4v) is 1.63.